The van der Waals surface area contributed by atoms with Crippen molar-refractivity contribution in [3.8, 4) is 0 Å². The van der Waals surface area contributed by atoms with Crippen molar-refractivity contribution in [1.29, 1.82) is 0 Å². The van der Waals surface area contributed by atoms with Crippen molar-refractivity contribution < 1.29 is 9.18 Å². The summed E-state index contributed by atoms with van der Waals surface area (Å²) in [4.78, 5) is 11.9. The molecule has 17 heavy (non-hydrogen) atoms. The maximum Gasteiger partial charge on any atom is 0.227 e. The van der Waals surface area contributed by atoms with E-state index in [0.29, 0.717) is 0 Å². The number of amides is 1. The smallest absolute Gasteiger partial charge is 0.227 e. The lowest BCUT2D eigenvalue weighted by Crippen LogP contribution is -2.34. The van der Waals surface area contributed by atoms with Crippen LogP contribution >= 0.6 is 0 Å². The Balaban J connectivity index is 2.02. The minimum absolute atomic E-state index is 0.00282. The molecule has 1 aliphatic heterocycles. The van der Waals surface area contributed by atoms with Gasteiger partial charge in [-0.3, -0.25) is 4.79 Å². The van der Waals surface area contributed by atoms with Crippen molar-refractivity contribution in [3.05, 3.63) is 29.6 Å². The molecule has 4 heteroatoms. The third-order valence-electron chi connectivity index (χ3n) is 3.09. The maximum absolute atomic E-state index is 13.6. The summed E-state index contributed by atoms with van der Waals surface area (Å²) in [6.45, 7) is 3.53. The molecule has 0 saturated carbocycles. The van der Waals surface area contributed by atoms with Crippen molar-refractivity contribution in [1.82, 2.24) is 5.32 Å². The second-order valence-electron chi connectivity index (χ2n) is 4.50. The van der Waals surface area contributed by atoms with E-state index in [4.69, 9.17) is 0 Å². The molecule has 1 amide bonds. The molecule has 0 unspecified atom stereocenters. The monoisotopic (exact) mass is 236 g/mol. The average Bonchev–Trinajstić information content (AvgIpc) is 2.34. The highest BCUT2D eigenvalue weighted by molar-refractivity contribution is 5.92. The highest BCUT2D eigenvalue weighted by atomic mass is 19.1. The second kappa shape index (κ2) is 5.27. The van der Waals surface area contributed by atoms with E-state index in [0.717, 1.165) is 31.5 Å². The predicted octanol–water partition coefficient (Wildman–Crippen LogP) is 2.07. The molecule has 1 aliphatic rings. The molecule has 2 rings (SSSR count). The molecule has 0 atom stereocenters. The highest BCUT2D eigenvalue weighted by Crippen LogP contribution is 2.19. The number of carbonyl (C=O) groups is 1. The Hall–Kier alpha value is -1.42. The van der Waals surface area contributed by atoms with Crippen molar-refractivity contribution in [2.24, 2.45) is 5.92 Å². The molecule has 2 N–H and O–H groups in total. The zero-order valence-corrected chi connectivity index (χ0v) is 9.92. The summed E-state index contributed by atoms with van der Waals surface area (Å²) in [6, 6.07) is 4.84. The van der Waals surface area contributed by atoms with Crippen LogP contribution in [0.2, 0.25) is 0 Å². The van der Waals surface area contributed by atoms with Gasteiger partial charge in [0.2, 0.25) is 5.91 Å². The standard InChI is InChI=1S/C13H17FN2O/c1-9-2-3-12(11(14)8-9)16-13(17)10-4-6-15-7-5-10/h2-3,8,10,15H,4-7H2,1H3,(H,16,17). The van der Waals surface area contributed by atoms with Gasteiger partial charge >= 0.3 is 0 Å². The largest absolute Gasteiger partial charge is 0.323 e. The molecule has 0 spiro atoms. The summed E-state index contributed by atoms with van der Waals surface area (Å²) in [5, 5.41) is 5.86. The summed E-state index contributed by atoms with van der Waals surface area (Å²) < 4.78 is 13.6. The summed E-state index contributed by atoms with van der Waals surface area (Å²) in [5.41, 5.74) is 1.13. The highest BCUT2D eigenvalue weighted by Gasteiger charge is 2.21. The minimum Gasteiger partial charge on any atom is -0.323 e. The van der Waals surface area contributed by atoms with Gasteiger partial charge in [0.05, 0.1) is 5.69 Å². The molecule has 1 fully saturated rings. The van der Waals surface area contributed by atoms with Gasteiger partial charge in [-0.1, -0.05) is 6.07 Å². The third-order valence-corrected chi connectivity index (χ3v) is 3.09. The van der Waals surface area contributed by atoms with Crippen LogP contribution < -0.4 is 10.6 Å². The van der Waals surface area contributed by atoms with Crippen LogP contribution in [-0.4, -0.2) is 19.0 Å². The van der Waals surface area contributed by atoms with Crippen LogP contribution in [0.15, 0.2) is 18.2 Å². The van der Waals surface area contributed by atoms with Gasteiger partial charge in [-0.25, -0.2) is 4.39 Å². The van der Waals surface area contributed by atoms with E-state index in [2.05, 4.69) is 10.6 Å². The number of carbonyl (C=O) groups excluding carboxylic acids is 1. The molecule has 0 aliphatic carbocycles. The number of rotatable bonds is 2. The van der Waals surface area contributed by atoms with Crippen LogP contribution in [0.4, 0.5) is 10.1 Å². The SMILES string of the molecule is Cc1ccc(NC(=O)C2CCNCC2)c(F)c1. The maximum atomic E-state index is 13.6. The molecular weight excluding hydrogens is 219 g/mol. The van der Waals surface area contributed by atoms with Crippen LogP contribution in [0.25, 0.3) is 0 Å². The van der Waals surface area contributed by atoms with E-state index in [-0.39, 0.29) is 23.3 Å². The van der Waals surface area contributed by atoms with Gasteiger partial charge < -0.3 is 10.6 Å². The van der Waals surface area contributed by atoms with E-state index in [1.165, 1.54) is 6.07 Å². The zero-order chi connectivity index (χ0) is 12.3. The molecule has 1 saturated heterocycles. The van der Waals surface area contributed by atoms with Crippen LogP contribution in [0, 0.1) is 18.7 Å². The first kappa shape index (κ1) is 12.0. The number of piperidine rings is 1. The topological polar surface area (TPSA) is 41.1 Å². The zero-order valence-electron chi connectivity index (χ0n) is 9.92. The summed E-state index contributed by atoms with van der Waals surface area (Å²) in [7, 11) is 0. The summed E-state index contributed by atoms with van der Waals surface area (Å²) in [5.74, 6) is -0.446. The molecule has 92 valence electrons. The molecule has 1 aromatic carbocycles. The van der Waals surface area contributed by atoms with Gasteiger partial charge in [-0.05, 0) is 50.6 Å². The first-order valence-electron chi connectivity index (χ1n) is 5.94. The Kier molecular flexibility index (Phi) is 3.74. The van der Waals surface area contributed by atoms with Gasteiger partial charge in [-0.15, -0.1) is 0 Å². The molecule has 0 bridgehead atoms. The number of hydrogen-bond acceptors (Lipinski definition) is 2. The number of aryl methyl sites for hydroxylation is 1. The molecule has 1 heterocycles. The van der Waals surface area contributed by atoms with Gasteiger partial charge in [0.15, 0.2) is 0 Å². The summed E-state index contributed by atoms with van der Waals surface area (Å²) >= 11 is 0. The average molecular weight is 236 g/mol. The molecule has 3 nitrogen and oxygen atoms in total. The van der Waals surface area contributed by atoms with Gasteiger partial charge in [0.1, 0.15) is 5.82 Å². The van der Waals surface area contributed by atoms with Crippen LogP contribution in [-0.2, 0) is 4.79 Å². The van der Waals surface area contributed by atoms with Gasteiger partial charge in [0.25, 0.3) is 0 Å². The molecule has 1 aromatic rings. The van der Waals surface area contributed by atoms with Crippen molar-refractivity contribution in [3.63, 3.8) is 0 Å². The number of nitrogens with one attached hydrogen (secondary N) is 2. The van der Waals surface area contributed by atoms with Crippen LogP contribution in [0.3, 0.4) is 0 Å². The molecule has 0 aromatic heterocycles. The first-order chi connectivity index (χ1) is 8.16. The Labute approximate surface area is 100 Å². The third kappa shape index (κ3) is 3.03. The lowest BCUT2D eigenvalue weighted by atomic mass is 9.97. The fourth-order valence-corrected chi connectivity index (χ4v) is 2.04. The predicted molar refractivity (Wildman–Crippen MR) is 65.4 cm³/mol. The first-order valence-corrected chi connectivity index (χ1v) is 5.94. The van der Waals surface area contributed by atoms with Crippen molar-refractivity contribution >= 4 is 11.6 Å². The van der Waals surface area contributed by atoms with E-state index >= 15 is 0 Å². The van der Waals surface area contributed by atoms with Gasteiger partial charge in [-0.2, -0.15) is 0 Å². The number of hydrogen-bond donors (Lipinski definition) is 2. The fraction of sp³-hybridized carbons (Fsp3) is 0.462. The Morgan fingerprint density at radius 3 is 2.76 bits per heavy atom. The lowest BCUT2D eigenvalue weighted by molar-refractivity contribution is -0.120. The Morgan fingerprint density at radius 1 is 1.41 bits per heavy atom. The normalized spacial score (nSPS) is 16.8. The van der Waals surface area contributed by atoms with Crippen molar-refractivity contribution in [2.45, 2.75) is 19.8 Å². The summed E-state index contributed by atoms with van der Waals surface area (Å²) in [6.07, 6.45) is 1.64. The minimum atomic E-state index is -0.368. The van der Waals surface area contributed by atoms with E-state index in [9.17, 15) is 9.18 Å². The van der Waals surface area contributed by atoms with E-state index < -0.39 is 0 Å². The van der Waals surface area contributed by atoms with Crippen LogP contribution in [0.5, 0.6) is 0 Å². The molecule has 0 radical (unpaired) electrons. The van der Waals surface area contributed by atoms with Gasteiger partial charge in [0, 0.05) is 5.92 Å². The van der Waals surface area contributed by atoms with Crippen LogP contribution in [0.1, 0.15) is 18.4 Å². The number of benzene rings is 1. The lowest BCUT2D eigenvalue weighted by Gasteiger charge is -2.21. The Morgan fingerprint density at radius 2 is 2.12 bits per heavy atom. The van der Waals surface area contributed by atoms with E-state index in [1.54, 1.807) is 12.1 Å². The van der Waals surface area contributed by atoms with Crippen molar-refractivity contribution in [2.75, 3.05) is 18.4 Å². The number of anilines is 1. The quantitative estimate of drug-likeness (QED) is 0.825. The number of halogens is 1. The van der Waals surface area contributed by atoms with E-state index in [1.807, 2.05) is 6.92 Å². The second-order valence-corrected chi connectivity index (χ2v) is 4.50. The Bertz CT molecular complexity index is 414. The molecular formula is C13H17FN2O. The fourth-order valence-electron chi connectivity index (χ4n) is 2.04.